The second-order valence-corrected chi connectivity index (χ2v) is 6.27. The molecule has 0 aliphatic rings. The van der Waals surface area contributed by atoms with Crippen molar-refractivity contribution in [2.24, 2.45) is 0 Å². The number of rotatable bonds is 3. The Hall–Kier alpha value is -2.67. The molecule has 0 aliphatic heterocycles. The van der Waals surface area contributed by atoms with Gasteiger partial charge in [0.05, 0.1) is 10.6 Å². The Kier molecular flexibility index (Phi) is 3.42. The number of pyridine rings is 1. The molecule has 3 rings (SSSR count). The van der Waals surface area contributed by atoms with Gasteiger partial charge in [0.25, 0.3) is 10.0 Å². The molecule has 0 bridgehead atoms. The van der Waals surface area contributed by atoms with Crippen LogP contribution in [0.1, 0.15) is 0 Å². The molecule has 0 amide bonds. The van der Waals surface area contributed by atoms with Crippen LogP contribution in [0, 0.1) is 5.82 Å². The van der Waals surface area contributed by atoms with Crippen LogP contribution < -0.4 is 4.72 Å². The van der Waals surface area contributed by atoms with Crippen molar-refractivity contribution < 1.29 is 17.9 Å². The van der Waals surface area contributed by atoms with Crippen LogP contribution in [0.4, 0.5) is 10.1 Å². The van der Waals surface area contributed by atoms with Crippen molar-refractivity contribution >= 4 is 26.6 Å². The summed E-state index contributed by atoms with van der Waals surface area (Å²) < 4.78 is 40.0. The predicted octanol–water partition coefficient (Wildman–Crippen LogP) is 2.88. The van der Waals surface area contributed by atoms with Crippen molar-refractivity contribution in [1.29, 1.82) is 0 Å². The lowest BCUT2D eigenvalue weighted by Crippen LogP contribution is -2.13. The van der Waals surface area contributed by atoms with Crippen LogP contribution in [-0.4, -0.2) is 18.5 Å². The van der Waals surface area contributed by atoms with E-state index in [0.717, 1.165) is 12.1 Å². The van der Waals surface area contributed by atoms with Gasteiger partial charge in [-0.3, -0.25) is 9.71 Å². The van der Waals surface area contributed by atoms with Gasteiger partial charge in [0.2, 0.25) is 0 Å². The number of aromatic nitrogens is 1. The first-order valence-corrected chi connectivity index (χ1v) is 7.81. The Morgan fingerprint density at radius 1 is 1.05 bits per heavy atom. The molecule has 0 aliphatic carbocycles. The molecule has 0 radical (unpaired) electrons. The Morgan fingerprint density at radius 2 is 1.77 bits per heavy atom. The number of halogens is 1. The molecular weight excluding hydrogens is 307 g/mol. The maximum atomic E-state index is 12.9. The molecule has 0 unspecified atom stereocenters. The summed E-state index contributed by atoms with van der Waals surface area (Å²) in [7, 11) is -3.86. The number of aromatic hydroxyl groups is 1. The Labute approximate surface area is 126 Å². The second kappa shape index (κ2) is 5.27. The number of hydrogen-bond acceptors (Lipinski definition) is 4. The molecule has 0 fully saturated rings. The number of phenols is 1. The van der Waals surface area contributed by atoms with Gasteiger partial charge in [-0.2, -0.15) is 0 Å². The van der Waals surface area contributed by atoms with Gasteiger partial charge in [0.15, 0.2) is 0 Å². The maximum Gasteiger partial charge on any atom is 0.261 e. The molecule has 0 saturated heterocycles. The minimum atomic E-state index is -3.86. The Morgan fingerprint density at radius 3 is 2.50 bits per heavy atom. The van der Waals surface area contributed by atoms with Crippen molar-refractivity contribution in [3.05, 3.63) is 60.5 Å². The van der Waals surface area contributed by atoms with Crippen LogP contribution in [0.15, 0.2) is 59.6 Å². The van der Waals surface area contributed by atoms with Crippen LogP contribution in [0.3, 0.4) is 0 Å². The van der Waals surface area contributed by atoms with Crippen LogP contribution in [0.25, 0.3) is 10.9 Å². The molecule has 0 spiro atoms. The van der Waals surface area contributed by atoms with E-state index in [1.165, 1.54) is 30.5 Å². The van der Waals surface area contributed by atoms with Crippen molar-refractivity contribution in [2.75, 3.05) is 4.72 Å². The first kappa shape index (κ1) is 14.3. The lowest BCUT2D eigenvalue weighted by atomic mass is 10.2. The average Bonchev–Trinajstić information content (AvgIpc) is 2.48. The first-order chi connectivity index (χ1) is 10.5. The molecule has 3 aromatic rings. The number of phenolic OH excluding ortho intramolecular Hbond substituents is 1. The summed E-state index contributed by atoms with van der Waals surface area (Å²) in [5.74, 6) is -0.557. The van der Waals surface area contributed by atoms with Crippen molar-refractivity contribution in [3.8, 4) is 5.75 Å². The quantitative estimate of drug-likeness (QED) is 0.778. The topological polar surface area (TPSA) is 79.3 Å². The lowest BCUT2D eigenvalue weighted by Gasteiger charge is -2.10. The molecule has 112 valence electrons. The fourth-order valence-corrected chi connectivity index (χ4v) is 3.15. The number of nitrogens with one attached hydrogen (secondary N) is 1. The normalized spacial score (nSPS) is 11.5. The van der Waals surface area contributed by atoms with Crippen LogP contribution in [0.2, 0.25) is 0 Å². The van der Waals surface area contributed by atoms with E-state index >= 15 is 0 Å². The first-order valence-electron chi connectivity index (χ1n) is 6.32. The van der Waals surface area contributed by atoms with Crippen LogP contribution >= 0.6 is 0 Å². The Balaban J connectivity index is 2.06. The second-order valence-electron chi connectivity index (χ2n) is 4.59. The minimum absolute atomic E-state index is 0.0414. The van der Waals surface area contributed by atoms with Crippen molar-refractivity contribution in [1.82, 2.24) is 4.98 Å². The van der Waals surface area contributed by atoms with Crippen molar-refractivity contribution in [3.63, 3.8) is 0 Å². The minimum Gasteiger partial charge on any atom is -0.506 e. The third kappa shape index (κ3) is 2.58. The van der Waals surface area contributed by atoms with E-state index in [4.69, 9.17) is 0 Å². The molecule has 7 heteroatoms. The van der Waals surface area contributed by atoms with Gasteiger partial charge >= 0.3 is 0 Å². The number of anilines is 1. The molecule has 22 heavy (non-hydrogen) atoms. The van der Waals surface area contributed by atoms with Crippen LogP contribution in [0.5, 0.6) is 5.75 Å². The smallest absolute Gasteiger partial charge is 0.261 e. The van der Waals surface area contributed by atoms with Gasteiger partial charge in [0, 0.05) is 11.6 Å². The lowest BCUT2D eigenvalue weighted by molar-refractivity contribution is 0.480. The highest BCUT2D eigenvalue weighted by Gasteiger charge is 2.16. The molecule has 0 atom stereocenters. The molecule has 1 aromatic heterocycles. The monoisotopic (exact) mass is 318 g/mol. The number of hydrogen-bond donors (Lipinski definition) is 2. The van der Waals surface area contributed by atoms with Gasteiger partial charge in [-0.25, -0.2) is 12.8 Å². The fourth-order valence-electron chi connectivity index (χ4n) is 2.07. The third-order valence-corrected chi connectivity index (χ3v) is 4.50. The van der Waals surface area contributed by atoms with E-state index in [-0.39, 0.29) is 16.3 Å². The zero-order chi connectivity index (χ0) is 15.7. The molecule has 1 heterocycles. The van der Waals surface area contributed by atoms with E-state index in [2.05, 4.69) is 9.71 Å². The van der Waals surface area contributed by atoms with E-state index in [1.807, 2.05) is 0 Å². The van der Waals surface area contributed by atoms with E-state index in [9.17, 15) is 17.9 Å². The largest absolute Gasteiger partial charge is 0.506 e. The Bertz CT molecular complexity index is 941. The summed E-state index contributed by atoms with van der Waals surface area (Å²) >= 11 is 0. The molecular formula is C15H11FN2O3S. The summed E-state index contributed by atoms with van der Waals surface area (Å²) in [6, 6.07) is 10.7. The average molecular weight is 318 g/mol. The number of fused-ring (bicyclic) bond motifs is 1. The maximum absolute atomic E-state index is 12.9. The number of nitrogens with zero attached hydrogens (tertiary/aromatic N) is 1. The summed E-state index contributed by atoms with van der Waals surface area (Å²) in [5, 5.41) is 10.2. The molecule has 5 nitrogen and oxygen atoms in total. The fraction of sp³-hybridized carbons (Fsp3) is 0. The highest BCUT2D eigenvalue weighted by molar-refractivity contribution is 7.92. The van der Waals surface area contributed by atoms with Gasteiger partial charge in [-0.1, -0.05) is 12.1 Å². The summed E-state index contributed by atoms with van der Waals surface area (Å²) in [6.07, 6.45) is 1.39. The van der Waals surface area contributed by atoms with Gasteiger partial charge < -0.3 is 5.11 Å². The van der Waals surface area contributed by atoms with Gasteiger partial charge in [-0.15, -0.1) is 0 Å². The highest BCUT2D eigenvalue weighted by atomic mass is 32.2. The number of para-hydroxylation sites is 1. The highest BCUT2D eigenvalue weighted by Crippen LogP contribution is 2.29. The zero-order valence-corrected chi connectivity index (χ0v) is 12.0. The van der Waals surface area contributed by atoms with Gasteiger partial charge in [0.1, 0.15) is 17.1 Å². The SMILES string of the molecule is O=S(=O)(Nc1ccnc2c(O)cccc12)c1ccc(F)cc1. The molecule has 2 N–H and O–H groups in total. The summed E-state index contributed by atoms with van der Waals surface area (Å²) in [4.78, 5) is 3.96. The van der Waals surface area contributed by atoms with Crippen LogP contribution in [-0.2, 0) is 10.0 Å². The summed E-state index contributed by atoms with van der Waals surface area (Å²) in [5.41, 5.74) is 0.576. The third-order valence-electron chi connectivity index (χ3n) is 3.12. The van der Waals surface area contributed by atoms with Crippen molar-refractivity contribution in [2.45, 2.75) is 4.90 Å². The predicted molar refractivity (Wildman–Crippen MR) is 80.6 cm³/mol. The number of sulfonamides is 1. The van der Waals surface area contributed by atoms with E-state index < -0.39 is 15.8 Å². The molecule has 0 saturated carbocycles. The standard InChI is InChI=1S/C15H11FN2O3S/c16-10-4-6-11(7-5-10)22(20,21)18-13-8-9-17-15-12(13)2-1-3-14(15)19/h1-9,19H,(H,17,18). The number of benzene rings is 2. The van der Waals surface area contributed by atoms with Gasteiger partial charge in [-0.05, 0) is 36.4 Å². The zero-order valence-electron chi connectivity index (χ0n) is 11.2. The molecule has 2 aromatic carbocycles. The summed E-state index contributed by atoms with van der Waals surface area (Å²) in [6.45, 7) is 0. The van der Waals surface area contributed by atoms with E-state index in [1.54, 1.807) is 12.1 Å². The van der Waals surface area contributed by atoms with E-state index in [0.29, 0.717) is 10.9 Å².